The van der Waals surface area contributed by atoms with Crippen molar-refractivity contribution in [2.75, 3.05) is 30.5 Å². The summed E-state index contributed by atoms with van der Waals surface area (Å²) in [5.41, 5.74) is 1.58. The number of hydrogen-bond donors (Lipinski definition) is 1. The zero-order valence-electron chi connectivity index (χ0n) is 14.9. The molecule has 1 N–H and O–H groups in total. The third-order valence-electron chi connectivity index (χ3n) is 4.17. The van der Waals surface area contributed by atoms with Gasteiger partial charge in [-0.25, -0.2) is 4.79 Å². The summed E-state index contributed by atoms with van der Waals surface area (Å²) in [6.45, 7) is 0.412. The van der Waals surface area contributed by atoms with Crippen LogP contribution in [-0.2, 0) is 14.3 Å². The van der Waals surface area contributed by atoms with Crippen molar-refractivity contribution in [1.29, 1.82) is 0 Å². The van der Waals surface area contributed by atoms with Gasteiger partial charge in [-0.05, 0) is 36.8 Å². The first-order valence-corrected chi connectivity index (χ1v) is 8.59. The maximum Gasteiger partial charge on any atom is 0.337 e. The van der Waals surface area contributed by atoms with Crippen molar-refractivity contribution in [3.05, 3.63) is 54.1 Å². The summed E-state index contributed by atoms with van der Waals surface area (Å²) in [4.78, 5) is 37.5. The molecule has 0 aromatic heterocycles. The molecule has 7 nitrogen and oxygen atoms in total. The van der Waals surface area contributed by atoms with Crippen LogP contribution < -0.4 is 15.0 Å². The first kappa shape index (κ1) is 18.4. The summed E-state index contributed by atoms with van der Waals surface area (Å²) < 4.78 is 10.1. The number of benzene rings is 2. The number of hydrogen-bond acceptors (Lipinski definition) is 5. The Bertz CT molecular complexity index is 865. The third-order valence-corrected chi connectivity index (χ3v) is 4.17. The molecule has 0 saturated carbocycles. The summed E-state index contributed by atoms with van der Waals surface area (Å²) in [6, 6.07) is 13.6. The van der Waals surface area contributed by atoms with Crippen molar-refractivity contribution in [3.63, 3.8) is 0 Å². The van der Waals surface area contributed by atoms with Gasteiger partial charge < -0.3 is 19.7 Å². The van der Waals surface area contributed by atoms with E-state index in [1.165, 1.54) is 13.2 Å². The topological polar surface area (TPSA) is 84.9 Å². The molecule has 1 aliphatic rings. The SMILES string of the molecule is COC(=O)c1cccc(OCC(=O)Nc2ccccc2N2CCCC2=O)c1. The highest BCUT2D eigenvalue weighted by Crippen LogP contribution is 2.29. The zero-order valence-corrected chi connectivity index (χ0v) is 14.9. The number of carbonyl (C=O) groups is 3. The van der Waals surface area contributed by atoms with Crippen LogP contribution in [0.3, 0.4) is 0 Å². The van der Waals surface area contributed by atoms with Gasteiger partial charge in [0.25, 0.3) is 5.91 Å². The van der Waals surface area contributed by atoms with E-state index in [0.717, 1.165) is 6.42 Å². The molecule has 0 radical (unpaired) electrons. The largest absolute Gasteiger partial charge is 0.484 e. The Balaban J connectivity index is 1.64. The number of nitrogens with zero attached hydrogens (tertiary/aromatic N) is 1. The van der Waals surface area contributed by atoms with Gasteiger partial charge in [0.15, 0.2) is 6.61 Å². The van der Waals surface area contributed by atoms with Crippen molar-refractivity contribution < 1.29 is 23.9 Å². The molecule has 0 aliphatic carbocycles. The molecule has 2 aromatic carbocycles. The molecular weight excluding hydrogens is 348 g/mol. The van der Waals surface area contributed by atoms with E-state index in [1.807, 2.05) is 6.07 Å². The second-order valence-corrected chi connectivity index (χ2v) is 6.02. The second kappa shape index (κ2) is 8.35. The van der Waals surface area contributed by atoms with Gasteiger partial charge in [0.05, 0.1) is 24.0 Å². The van der Waals surface area contributed by atoms with Gasteiger partial charge in [0.2, 0.25) is 5.91 Å². The molecular formula is C20H20N2O5. The van der Waals surface area contributed by atoms with Gasteiger partial charge in [-0.15, -0.1) is 0 Å². The highest BCUT2D eigenvalue weighted by Gasteiger charge is 2.24. The first-order valence-electron chi connectivity index (χ1n) is 8.59. The highest BCUT2D eigenvalue weighted by molar-refractivity contribution is 6.02. The maximum atomic E-state index is 12.3. The summed E-state index contributed by atoms with van der Waals surface area (Å²) in [5, 5.41) is 2.78. The van der Waals surface area contributed by atoms with Crippen molar-refractivity contribution in [2.24, 2.45) is 0 Å². The third kappa shape index (κ3) is 4.44. The Hall–Kier alpha value is -3.35. The van der Waals surface area contributed by atoms with Crippen LogP contribution in [0.5, 0.6) is 5.75 Å². The number of para-hydroxylation sites is 2. The van der Waals surface area contributed by atoms with E-state index in [4.69, 9.17) is 4.74 Å². The Morgan fingerprint density at radius 3 is 2.70 bits per heavy atom. The molecule has 0 unspecified atom stereocenters. The molecule has 7 heteroatoms. The quantitative estimate of drug-likeness (QED) is 0.793. The highest BCUT2D eigenvalue weighted by atomic mass is 16.5. The molecule has 140 valence electrons. The monoisotopic (exact) mass is 368 g/mol. The van der Waals surface area contributed by atoms with Crippen LogP contribution >= 0.6 is 0 Å². The molecule has 3 rings (SSSR count). The van der Waals surface area contributed by atoms with Crippen molar-refractivity contribution in [1.82, 2.24) is 0 Å². The minimum atomic E-state index is -0.478. The fourth-order valence-corrected chi connectivity index (χ4v) is 2.88. The predicted octanol–water partition coefficient (Wildman–Crippen LogP) is 2.62. The number of amides is 2. The Kier molecular flexibility index (Phi) is 5.71. The predicted molar refractivity (Wildman–Crippen MR) is 99.9 cm³/mol. The number of rotatable bonds is 6. The Labute approximate surface area is 156 Å². The van der Waals surface area contributed by atoms with Crippen LogP contribution in [0.25, 0.3) is 0 Å². The van der Waals surface area contributed by atoms with Crippen LogP contribution in [0.1, 0.15) is 23.2 Å². The first-order chi connectivity index (χ1) is 13.1. The van der Waals surface area contributed by atoms with Gasteiger partial charge in [-0.1, -0.05) is 18.2 Å². The summed E-state index contributed by atoms with van der Waals surface area (Å²) in [5.74, 6) is -0.407. The van der Waals surface area contributed by atoms with E-state index >= 15 is 0 Å². The minimum absolute atomic E-state index is 0.0487. The average Bonchev–Trinajstić information content (AvgIpc) is 3.12. The number of anilines is 2. The van der Waals surface area contributed by atoms with Gasteiger partial charge in [0.1, 0.15) is 5.75 Å². The minimum Gasteiger partial charge on any atom is -0.484 e. The van der Waals surface area contributed by atoms with Crippen molar-refractivity contribution >= 4 is 29.2 Å². The molecule has 1 aliphatic heterocycles. The number of nitrogens with one attached hydrogen (secondary N) is 1. The number of ether oxygens (including phenoxy) is 2. The van der Waals surface area contributed by atoms with Crippen LogP contribution in [-0.4, -0.2) is 38.0 Å². The van der Waals surface area contributed by atoms with Crippen LogP contribution in [0, 0.1) is 0 Å². The fourth-order valence-electron chi connectivity index (χ4n) is 2.88. The van der Waals surface area contributed by atoms with Gasteiger partial charge in [0, 0.05) is 13.0 Å². The molecule has 1 fully saturated rings. The Morgan fingerprint density at radius 1 is 1.15 bits per heavy atom. The van der Waals surface area contributed by atoms with Crippen LogP contribution in [0.4, 0.5) is 11.4 Å². The number of esters is 1. The molecule has 2 amide bonds. The van der Waals surface area contributed by atoms with Crippen LogP contribution in [0.2, 0.25) is 0 Å². The van der Waals surface area contributed by atoms with Gasteiger partial charge in [-0.3, -0.25) is 9.59 Å². The standard InChI is InChI=1S/C20H20N2O5/c1-26-20(25)14-6-4-7-15(12-14)27-13-18(23)21-16-8-2-3-9-17(16)22-11-5-10-19(22)24/h2-4,6-9,12H,5,10-11,13H2,1H3,(H,21,23). The number of carbonyl (C=O) groups excluding carboxylic acids is 3. The second-order valence-electron chi connectivity index (χ2n) is 6.02. The summed E-state index contributed by atoms with van der Waals surface area (Å²) >= 11 is 0. The molecule has 27 heavy (non-hydrogen) atoms. The molecule has 0 atom stereocenters. The van der Waals surface area contributed by atoms with E-state index in [9.17, 15) is 14.4 Å². The zero-order chi connectivity index (χ0) is 19.2. The van der Waals surface area contributed by atoms with E-state index in [-0.39, 0.29) is 18.4 Å². The maximum absolute atomic E-state index is 12.3. The molecule has 0 bridgehead atoms. The molecule has 2 aromatic rings. The summed E-state index contributed by atoms with van der Waals surface area (Å²) in [7, 11) is 1.30. The van der Waals surface area contributed by atoms with E-state index in [1.54, 1.807) is 41.3 Å². The lowest BCUT2D eigenvalue weighted by molar-refractivity contribution is -0.118. The normalized spacial score (nSPS) is 13.4. The van der Waals surface area contributed by atoms with Gasteiger partial charge in [-0.2, -0.15) is 0 Å². The Morgan fingerprint density at radius 2 is 1.96 bits per heavy atom. The van der Waals surface area contributed by atoms with Crippen LogP contribution in [0.15, 0.2) is 48.5 Å². The molecule has 1 heterocycles. The average molecular weight is 368 g/mol. The smallest absolute Gasteiger partial charge is 0.337 e. The number of methoxy groups -OCH3 is 1. The lowest BCUT2D eigenvalue weighted by Gasteiger charge is -2.20. The van der Waals surface area contributed by atoms with Crippen molar-refractivity contribution in [3.8, 4) is 5.75 Å². The van der Waals surface area contributed by atoms with E-state index < -0.39 is 5.97 Å². The van der Waals surface area contributed by atoms with E-state index in [0.29, 0.717) is 35.7 Å². The molecule has 0 spiro atoms. The fraction of sp³-hybridized carbons (Fsp3) is 0.250. The lowest BCUT2D eigenvalue weighted by atomic mass is 10.2. The van der Waals surface area contributed by atoms with E-state index in [2.05, 4.69) is 10.1 Å². The van der Waals surface area contributed by atoms with Crippen molar-refractivity contribution in [2.45, 2.75) is 12.8 Å². The summed E-state index contributed by atoms with van der Waals surface area (Å²) in [6.07, 6.45) is 1.32. The van der Waals surface area contributed by atoms with Gasteiger partial charge >= 0.3 is 5.97 Å². The lowest BCUT2D eigenvalue weighted by Crippen LogP contribution is -2.26. The molecule has 1 saturated heterocycles.